The molecule has 2 rings (SSSR count). The van der Waals surface area contributed by atoms with Crippen LogP contribution in [0.5, 0.6) is 0 Å². The van der Waals surface area contributed by atoms with Crippen molar-refractivity contribution < 1.29 is 9.59 Å². The van der Waals surface area contributed by atoms with Gasteiger partial charge in [0.05, 0.1) is 0 Å². The van der Waals surface area contributed by atoms with E-state index in [4.69, 9.17) is 11.6 Å². The first-order valence-electron chi connectivity index (χ1n) is 8.73. The molecule has 0 unspecified atom stereocenters. The Bertz CT molecular complexity index is 717. The minimum atomic E-state index is -0.0162. The highest BCUT2D eigenvalue weighted by atomic mass is 35.5. The molecule has 2 amide bonds. The maximum atomic E-state index is 12.4. The number of carbonyl (C=O) groups is 2. The van der Waals surface area contributed by atoms with Crippen LogP contribution in [-0.4, -0.2) is 41.8 Å². The van der Waals surface area contributed by atoms with Crippen LogP contribution >= 0.6 is 11.6 Å². The maximum Gasteiger partial charge on any atom is 0.224 e. The number of amides is 2. The smallest absolute Gasteiger partial charge is 0.224 e. The second-order valence-electron chi connectivity index (χ2n) is 6.37. The molecule has 4 nitrogen and oxygen atoms in total. The fraction of sp³-hybridized carbons (Fsp3) is 0.333. The Balaban J connectivity index is 1.82. The number of nitrogens with zero attached hydrogens (tertiary/aromatic N) is 2. The van der Waals surface area contributed by atoms with Gasteiger partial charge in [0.1, 0.15) is 0 Å². The van der Waals surface area contributed by atoms with Gasteiger partial charge in [-0.05, 0) is 29.7 Å². The van der Waals surface area contributed by atoms with Crippen LogP contribution in [-0.2, 0) is 22.6 Å². The highest BCUT2D eigenvalue weighted by molar-refractivity contribution is 6.30. The number of hydrogen-bond donors (Lipinski definition) is 0. The van der Waals surface area contributed by atoms with E-state index in [9.17, 15) is 9.59 Å². The minimum Gasteiger partial charge on any atom is -0.342 e. The van der Waals surface area contributed by atoms with Crippen molar-refractivity contribution in [3.63, 3.8) is 0 Å². The predicted molar refractivity (Wildman–Crippen MR) is 105 cm³/mol. The molecule has 0 fully saturated rings. The average molecular weight is 373 g/mol. The van der Waals surface area contributed by atoms with Crippen LogP contribution in [0.1, 0.15) is 24.5 Å². The van der Waals surface area contributed by atoms with E-state index < -0.39 is 0 Å². The van der Waals surface area contributed by atoms with Gasteiger partial charge in [-0.15, -0.1) is 0 Å². The molecule has 2 aromatic rings. The summed E-state index contributed by atoms with van der Waals surface area (Å²) < 4.78 is 0. The molecule has 0 aliphatic heterocycles. The zero-order valence-corrected chi connectivity index (χ0v) is 16.1. The molecule has 0 spiro atoms. The molecule has 26 heavy (non-hydrogen) atoms. The Labute approximate surface area is 160 Å². The molecule has 5 heteroatoms. The largest absolute Gasteiger partial charge is 0.342 e. The highest BCUT2D eigenvalue weighted by Gasteiger charge is 2.14. The van der Waals surface area contributed by atoms with Crippen molar-refractivity contribution in [3.05, 3.63) is 70.7 Å². The normalized spacial score (nSPS) is 10.4. The Kier molecular flexibility index (Phi) is 7.67. The first-order valence-corrected chi connectivity index (χ1v) is 9.11. The summed E-state index contributed by atoms with van der Waals surface area (Å²) in [5.74, 6) is 0.0177. The quantitative estimate of drug-likeness (QED) is 0.707. The predicted octanol–water partition coefficient (Wildman–Crippen LogP) is 3.78. The number of hydrogen-bond acceptors (Lipinski definition) is 2. The van der Waals surface area contributed by atoms with E-state index in [1.807, 2.05) is 54.6 Å². The summed E-state index contributed by atoms with van der Waals surface area (Å²) >= 11 is 5.89. The van der Waals surface area contributed by atoms with Crippen molar-refractivity contribution in [1.82, 2.24) is 9.80 Å². The Morgan fingerprint density at radius 3 is 2.19 bits per heavy atom. The molecule has 0 N–H and O–H groups in total. The minimum absolute atomic E-state index is 0.0162. The summed E-state index contributed by atoms with van der Waals surface area (Å²) in [6.07, 6.45) is 1.06. The van der Waals surface area contributed by atoms with Crippen molar-refractivity contribution in [2.45, 2.75) is 26.3 Å². The Hall–Kier alpha value is -2.33. The molecule has 0 atom stereocenters. The Morgan fingerprint density at radius 1 is 0.923 bits per heavy atom. The number of rotatable bonds is 8. The van der Waals surface area contributed by atoms with Gasteiger partial charge >= 0.3 is 0 Å². The van der Waals surface area contributed by atoms with Gasteiger partial charge in [-0.1, -0.05) is 54.1 Å². The van der Waals surface area contributed by atoms with Gasteiger partial charge in [-0.25, -0.2) is 0 Å². The van der Waals surface area contributed by atoms with Crippen molar-refractivity contribution in [3.8, 4) is 0 Å². The molecule has 0 heterocycles. The lowest BCUT2D eigenvalue weighted by Crippen LogP contribution is -2.35. The third-order valence-electron chi connectivity index (χ3n) is 4.31. The van der Waals surface area contributed by atoms with E-state index >= 15 is 0 Å². The van der Waals surface area contributed by atoms with Crippen molar-refractivity contribution in [2.24, 2.45) is 0 Å². The van der Waals surface area contributed by atoms with Crippen LogP contribution in [0.2, 0.25) is 5.02 Å². The third kappa shape index (κ3) is 6.52. The second-order valence-corrected chi connectivity index (χ2v) is 6.80. The summed E-state index contributed by atoms with van der Waals surface area (Å²) in [6.45, 7) is 3.14. The number of carbonyl (C=O) groups excluding carboxylic acids is 2. The molecule has 0 saturated carbocycles. The van der Waals surface area contributed by atoms with Crippen LogP contribution in [0.25, 0.3) is 0 Å². The van der Waals surface area contributed by atoms with Crippen LogP contribution in [0.4, 0.5) is 0 Å². The molecule has 0 aliphatic rings. The monoisotopic (exact) mass is 372 g/mol. The molecule has 0 bridgehead atoms. The van der Waals surface area contributed by atoms with E-state index in [0.717, 1.165) is 17.5 Å². The zero-order valence-electron chi connectivity index (χ0n) is 15.3. The third-order valence-corrected chi connectivity index (χ3v) is 4.56. The Morgan fingerprint density at radius 2 is 1.58 bits per heavy atom. The summed E-state index contributed by atoms with van der Waals surface area (Å²) in [5, 5.41) is 0.698. The number of benzene rings is 2. The van der Waals surface area contributed by atoms with Crippen molar-refractivity contribution >= 4 is 23.4 Å². The van der Waals surface area contributed by atoms with Crippen LogP contribution < -0.4 is 0 Å². The maximum absolute atomic E-state index is 12.4. The van der Waals surface area contributed by atoms with E-state index in [1.54, 1.807) is 23.8 Å². The van der Waals surface area contributed by atoms with Crippen LogP contribution in [0, 0.1) is 0 Å². The standard InChI is InChI=1S/C21H25ClN2O2/c1-17(25)24(14-12-18-8-10-20(22)11-9-18)15-13-21(26)23(2)16-19-6-4-3-5-7-19/h3-11H,12-16H2,1-2H3. The van der Waals surface area contributed by atoms with E-state index in [1.165, 1.54) is 0 Å². The van der Waals surface area contributed by atoms with Gasteiger partial charge in [0.2, 0.25) is 11.8 Å². The molecule has 0 aliphatic carbocycles. The molecule has 0 saturated heterocycles. The van der Waals surface area contributed by atoms with Crippen molar-refractivity contribution in [1.29, 1.82) is 0 Å². The fourth-order valence-electron chi connectivity index (χ4n) is 2.71. The number of halogens is 1. The van der Waals surface area contributed by atoms with Gasteiger partial charge in [0, 0.05) is 45.0 Å². The second kappa shape index (κ2) is 9.97. The van der Waals surface area contributed by atoms with E-state index in [-0.39, 0.29) is 11.8 Å². The van der Waals surface area contributed by atoms with Gasteiger partial charge in [-0.2, -0.15) is 0 Å². The molecule has 2 aromatic carbocycles. The molecule has 0 aromatic heterocycles. The SMILES string of the molecule is CC(=O)N(CCC(=O)N(C)Cc1ccccc1)CCc1ccc(Cl)cc1. The van der Waals surface area contributed by atoms with Crippen LogP contribution in [0.15, 0.2) is 54.6 Å². The lowest BCUT2D eigenvalue weighted by molar-refractivity contribution is -0.133. The van der Waals surface area contributed by atoms with Gasteiger partial charge in [0.25, 0.3) is 0 Å². The first kappa shape index (κ1) is 20.0. The zero-order chi connectivity index (χ0) is 18.9. The lowest BCUT2D eigenvalue weighted by atomic mass is 10.1. The lowest BCUT2D eigenvalue weighted by Gasteiger charge is -2.23. The summed E-state index contributed by atoms with van der Waals surface area (Å²) in [4.78, 5) is 27.7. The summed E-state index contributed by atoms with van der Waals surface area (Å²) in [5.41, 5.74) is 2.21. The van der Waals surface area contributed by atoms with Gasteiger partial charge < -0.3 is 9.80 Å². The molecular formula is C21H25ClN2O2. The van der Waals surface area contributed by atoms with Crippen molar-refractivity contribution in [2.75, 3.05) is 20.1 Å². The summed E-state index contributed by atoms with van der Waals surface area (Å²) in [7, 11) is 1.79. The van der Waals surface area contributed by atoms with E-state index in [0.29, 0.717) is 31.1 Å². The average Bonchev–Trinajstić information content (AvgIpc) is 2.63. The molecule has 0 radical (unpaired) electrons. The van der Waals surface area contributed by atoms with Gasteiger partial charge in [0.15, 0.2) is 0 Å². The fourth-order valence-corrected chi connectivity index (χ4v) is 2.83. The van der Waals surface area contributed by atoms with E-state index in [2.05, 4.69) is 0 Å². The molecular weight excluding hydrogens is 348 g/mol. The summed E-state index contributed by atoms with van der Waals surface area (Å²) in [6, 6.07) is 17.5. The molecule has 138 valence electrons. The first-order chi connectivity index (χ1) is 12.5. The van der Waals surface area contributed by atoms with Crippen LogP contribution in [0.3, 0.4) is 0 Å². The van der Waals surface area contributed by atoms with Gasteiger partial charge in [-0.3, -0.25) is 9.59 Å². The highest BCUT2D eigenvalue weighted by Crippen LogP contribution is 2.11. The topological polar surface area (TPSA) is 40.6 Å².